The first-order valence-electron chi connectivity index (χ1n) is 19.5. The van der Waals surface area contributed by atoms with E-state index < -0.39 is 0 Å². The average molecular weight is 815 g/mol. The van der Waals surface area contributed by atoms with Gasteiger partial charge in [-0.05, 0) is 160 Å². The molecule has 2 atom stereocenters. The second-order valence-corrected chi connectivity index (χ2v) is 22.3. The molecule has 8 bridgehead atoms. The zero-order valence-electron chi connectivity index (χ0n) is 28.5. The van der Waals surface area contributed by atoms with Crippen molar-refractivity contribution >= 4 is 55.4 Å². The minimum absolute atomic E-state index is 0.196. The summed E-state index contributed by atoms with van der Waals surface area (Å²) in [5.74, 6) is 8.19. The lowest BCUT2D eigenvalue weighted by Crippen LogP contribution is -2.48. The molecular formula is C42H54Br2O2S2. The molecule has 48 heavy (non-hydrogen) atoms. The third-order valence-electron chi connectivity index (χ3n) is 14.6. The van der Waals surface area contributed by atoms with Gasteiger partial charge < -0.3 is 10.2 Å². The van der Waals surface area contributed by atoms with Crippen LogP contribution in [0.2, 0.25) is 0 Å². The molecule has 11 rings (SSSR count). The van der Waals surface area contributed by atoms with Gasteiger partial charge in [0.25, 0.3) is 0 Å². The molecule has 9 aliphatic carbocycles. The number of phenols is 2. The number of thioether (sulfide) groups is 2. The fraction of sp³-hybridized carbons (Fsp3) is 0.714. The summed E-state index contributed by atoms with van der Waals surface area (Å²) < 4.78 is 2.29. The zero-order valence-corrected chi connectivity index (χ0v) is 33.3. The normalized spacial score (nSPS) is 39.9. The summed E-state index contributed by atoms with van der Waals surface area (Å²) in [5, 5.41) is 25.0. The largest absolute Gasteiger partial charge is 0.507 e. The van der Waals surface area contributed by atoms with Crippen molar-refractivity contribution < 1.29 is 10.2 Å². The Hall–Kier alpha value is -0.300. The van der Waals surface area contributed by atoms with Crippen molar-refractivity contribution in [3.8, 4) is 11.5 Å². The fourth-order valence-corrected chi connectivity index (χ4v) is 17.5. The van der Waals surface area contributed by atoms with Crippen LogP contribution in [0.5, 0.6) is 11.5 Å². The van der Waals surface area contributed by atoms with Crippen LogP contribution >= 0.6 is 55.4 Å². The molecule has 2 N–H and O–H groups in total. The molecule has 0 saturated heterocycles. The van der Waals surface area contributed by atoms with Gasteiger partial charge in [0.1, 0.15) is 11.5 Å². The van der Waals surface area contributed by atoms with Crippen molar-refractivity contribution in [1.29, 1.82) is 0 Å². The Morgan fingerprint density at radius 1 is 0.521 bits per heavy atom. The predicted octanol–water partition coefficient (Wildman–Crippen LogP) is 12.8. The van der Waals surface area contributed by atoms with Gasteiger partial charge in [-0.3, -0.25) is 0 Å². The molecule has 0 aromatic heterocycles. The van der Waals surface area contributed by atoms with E-state index in [1.54, 1.807) is 0 Å². The molecule has 2 nitrogen and oxygen atoms in total. The summed E-state index contributed by atoms with van der Waals surface area (Å²) in [6.07, 6.45) is 24.1. The van der Waals surface area contributed by atoms with Crippen LogP contribution in [0.15, 0.2) is 33.2 Å². The Kier molecular flexibility index (Phi) is 9.28. The van der Waals surface area contributed by atoms with Crippen LogP contribution in [-0.4, -0.2) is 20.7 Å². The van der Waals surface area contributed by atoms with Crippen molar-refractivity contribution in [2.75, 3.05) is 0 Å². The lowest BCUT2D eigenvalue weighted by molar-refractivity contribution is -0.00635. The van der Waals surface area contributed by atoms with Crippen molar-refractivity contribution in [2.24, 2.45) is 35.5 Å². The summed E-state index contributed by atoms with van der Waals surface area (Å²) >= 11 is 12.0. The van der Waals surface area contributed by atoms with Crippen molar-refractivity contribution in [3.05, 3.63) is 55.5 Å². The Morgan fingerprint density at radius 3 is 1.19 bits per heavy atom. The third kappa shape index (κ3) is 6.27. The van der Waals surface area contributed by atoms with Crippen LogP contribution in [0, 0.1) is 35.5 Å². The van der Waals surface area contributed by atoms with Crippen LogP contribution in [0.4, 0.5) is 0 Å². The SMILES string of the molecule is Oc1c(CSC2CCCCCCC2SCc2cc(Br)cc(C34CC5CC(CC(C5)C3)C4)c2O)cc(Br)cc1C12CC3CC(CC(C3)C1)C2. The van der Waals surface area contributed by atoms with E-state index in [0.29, 0.717) is 22.0 Å². The molecule has 9 fully saturated rings. The Morgan fingerprint density at radius 2 is 0.854 bits per heavy atom. The highest BCUT2D eigenvalue weighted by molar-refractivity contribution is 9.10. The van der Waals surface area contributed by atoms with E-state index in [1.807, 2.05) is 0 Å². The van der Waals surface area contributed by atoms with E-state index in [-0.39, 0.29) is 10.8 Å². The summed E-state index contributed by atoms with van der Waals surface area (Å²) in [4.78, 5) is 0. The molecule has 0 spiro atoms. The van der Waals surface area contributed by atoms with Crippen LogP contribution < -0.4 is 0 Å². The lowest BCUT2D eigenvalue weighted by Gasteiger charge is -2.57. The van der Waals surface area contributed by atoms with E-state index in [0.717, 1.165) is 67.1 Å². The van der Waals surface area contributed by atoms with E-state index in [1.165, 1.54) is 127 Å². The first-order chi connectivity index (χ1) is 23.2. The van der Waals surface area contributed by atoms with Gasteiger partial charge in [-0.15, -0.1) is 0 Å². The molecular weight excluding hydrogens is 760 g/mol. The van der Waals surface area contributed by atoms with Gasteiger partial charge >= 0.3 is 0 Å². The highest BCUT2D eigenvalue weighted by Gasteiger charge is 2.54. The number of benzene rings is 2. The van der Waals surface area contributed by atoms with Gasteiger partial charge in [-0.1, -0.05) is 57.5 Å². The zero-order chi connectivity index (χ0) is 32.6. The number of hydrogen-bond acceptors (Lipinski definition) is 4. The van der Waals surface area contributed by atoms with Crippen LogP contribution in [0.3, 0.4) is 0 Å². The highest BCUT2D eigenvalue weighted by atomic mass is 79.9. The van der Waals surface area contributed by atoms with E-state index in [4.69, 9.17) is 0 Å². The van der Waals surface area contributed by atoms with Gasteiger partial charge in [-0.2, -0.15) is 23.5 Å². The molecule has 9 aliphatic rings. The monoisotopic (exact) mass is 812 g/mol. The molecule has 6 heteroatoms. The summed E-state index contributed by atoms with van der Waals surface area (Å²) in [5.41, 5.74) is 5.18. The first-order valence-corrected chi connectivity index (χ1v) is 23.2. The quantitative estimate of drug-likeness (QED) is 0.279. The van der Waals surface area contributed by atoms with E-state index in [9.17, 15) is 10.2 Å². The Labute approximate surface area is 314 Å². The summed E-state index contributed by atoms with van der Waals surface area (Å²) in [7, 11) is 0. The maximum absolute atomic E-state index is 11.9. The highest BCUT2D eigenvalue weighted by Crippen LogP contribution is 2.64. The van der Waals surface area contributed by atoms with E-state index >= 15 is 0 Å². The molecule has 2 aromatic rings. The van der Waals surface area contributed by atoms with Gasteiger partial charge in [0, 0.05) is 53.2 Å². The Balaban J connectivity index is 0.927. The molecule has 0 heterocycles. The third-order valence-corrected chi connectivity index (χ3v) is 18.6. The smallest absolute Gasteiger partial charge is 0.123 e. The number of hydrogen-bond donors (Lipinski definition) is 2. The number of rotatable bonds is 8. The van der Waals surface area contributed by atoms with Gasteiger partial charge in [-0.25, -0.2) is 0 Å². The van der Waals surface area contributed by atoms with Crippen molar-refractivity contribution in [2.45, 2.75) is 148 Å². The maximum Gasteiger partial charge on any atom is 0.123 e. The predicted molar refractivity (Wildman–Crippen MR) is 209 cm³/mol. The lowest BCUT2D eigenvalue weighted by atomic mass is 9.48. The molecule has 0 aliphatic heterocycles. The molecule has 260 valence electrons. The molecule has 0 amide bonds. The molecule has 9 saturated carbocycles. The summed E-state index contributed by atoms with van der Waals surface area (Å²) in [6, 6.07) is 8.99. The first kappa shape index (κ1) is 33.5. The van der Waals surface area contributed by atoms with Gasteiger partial charge in [0.2, 0.25) is 0 Å². The maximum atomic E-state index is 11.9. The van der Waals surface area contributed by atoms with Crippen LogP contribution in [0.1, 0.15) is 138 Å². The standard InChI is InChI=1S/C42H54Br2O2S2/c43-33-13-31(39(45)35(15-33)41-17-25-7-26(18-41)9-27(8-25)19-41)23-47-37-5-3-1-2-4-6-38(37)48-24-32-14-34(44)16-36(40(32)46)42-20-28-10-29(21-42)12-30(11-28)22-42/h13-16,25-30,37-38,45-46H,1-12,17-24H2. The van der Waals surface area contributed by atoms with Gasteiger partial charge in [0.15, 0.2) is 0 Å². The van der Waals surface area contributed by atoms with E-state index in [2.05, 4.69) is 79.6 Å². The minimum atomic E-state index is 0.196. The van der Waals surface area contributed by atoms with Crippen LogP contribution in [-0.2, 0) is 22.3 Å². The number of phenolic OH excluding ortho intramolecular Hbond substituents is 2. The second kappa shape index (κ2) is 13.3. The molecule has 2 unspecified atom stereocenters. The minimum Gasteiger partial charge on any atom is -0.507 e. The van der Waals surface area contributed by atoms with Gasteiger partial charge in [0.05, 0.1) is 0 Å². The van der Waals surface area contributed by atoms with Crippen molar-refractivity contribution in [1.82, 2.24) is 0 Å². The number of halogens is 2. The number of aromatic hydroxyl groups is 2. The Bertz CT molecular complexity index is 1350. The molecule has 2 aromatic carbocycles. The summed E-state index contributed by atoms with van der Waals surface area (Å²) in [6.45, 7) is 0. The van der Waals surface area contributed by atoms with Crippen LogP contribution in [0.25, 0.3) is 0 Å². The fourth-order valence-electron chi connectivity index (χ4n) is 13.4. The van der Waals surface area contributed by atoms with Crippen molar-refractivity contribution in [3.63, 3.8) is 0 Å². The second-order valence-electron chi connectivity index (χ2n) is 18.0. The topological polar surface area (TPSA) is 40.5 Å². The average Bonchev–Trinajstić information content (AvgIpc) is 3.01. The molecule has 0 radical (unpaired) electrons.